The molecule has 2 aliphatic rings. The second-order valence-corrected chi connectivity index (χ2v) is 8.53. The summed E-state index contributed by atoms with van der Waals surface area (Å²) in [5.74, 6) is 0.481. The van der Waals surface area contributed by atoms with E-state index in [2.05, 4.69) is 15.2 Å². The minimum Gasteiger partial charge on any atom is -0.378 e. The van der Waals surface area contributed by atoms with Crippen LogP contribution in [0.1, 0.15) is 28.8 Å². The number of carbonyl (C=O) groups excluding carboxylic acids is 2. The van der Waals surface area contributed by atoms with Gasteiger partial charge in [-0.15, -0.1) is 0 Å². The van der Waals surface area contributed by atoms with Crippen molar-refractivity contribution >= 4 is 40.8 Å². The number of likely N-dealkylation sites (tertiary alicyclic amines) is 1. The molecule has 2 amide bonds. The number of carbonyl (C=O) groups is 2. The number of hydrogen-bond donors (Lipinski definition) is 1. The van der Waals surface area contributed by atoms with Gasteiger partial charge in [-0.2, -0.15) is 0 Å². The first-order valence-electron chi connectivity index (χ1n) is 10.3. The van der Waals surface area contributed by atoms with Gasteiger partial charge in [0.15, 0.2) is 0 Å². The quantitative estimate of drug-likeness (QED) is 0.738. The van der Waals surface area contributed by atoms with Crippen LogP contribution in [0.25, 0.3) is 0 Å². The van der Waals surface area contributed by atoms with Gasteiger partial charge < -0.3 is 19.9 Å². The van der Waals surface area contributed by atoms with E-state index in [1.54, 1.807) is 29.3 Å². The van der Waals surface area contributed by atoms with Crippen LogP contribution < -0.4 is 10.2 Å². The lowest BCUT2D eigenvalue weighted by molar-refractivity contribution is -0.125. The summed E-state index contributed by atoms with van der Waals surface area (Å²) in [6.07, 6.45) is 3.15. The fraction of sp³-hybridized carbons (Fsp3) is 0.409. The Balaban J connectivity index is 1.39. The zero-order valence-corrected chi connectivity index (χ0v) is 18.5. The molecule has 31 heavy (non-hydrogen) atoms. The number of aromatic nitrogens is 1. The lowest BCUT2D eigenvalue weighted by Gasteiger charge is -2.28. The molecule has 0 aliphatic carbocycles. The Labute approximate surface area is 191 Å². The molecule has 1 aromatic carbocycles. The molecule has 4 rings (SSSR count). The van der Waals surface area contributed by atoms with E-state index >= 15 is 0 Å². The molecule has 2 aliphatic heterocycles. The van der Waals surface area contributed by atoms with Crippen LogP contribution in [-0.4, -0.2) is 60.6 Å². The average molecular weight is 463 g/mol. The summed E-state index contributed by atoms with van der Waals surface area (Å²) in [6, 6.07) is 8.09. The van der Waals surface area contributed by atoms with E-state index in [0.717, 1.165) is 30.9 Å². The molecular formula is C22H24Cl2N4O3. The van der Waals surface area contributed by atoms with Crippen LogP contribution in [0, 0.1) is 0 Å². The molecule has 164 valence electrons. The van der Waals surface area contributed by atoms with Crippen LogP contribution in [-0.2, 0) is 16.1 Å². The minimum absolute atomic E-state index is 0.163. The Morgan fingerprint density at radius 3 is 2.58 bits per heavy atom. The van der Waals surface area contributed by atoms with Crippen molar-refractivity contribution < 1.29 is 14.3 Å². The third-order valence-corrected chi connectivity index (χ3v) is 5.97. The highest BCUT2D eigenvalue weighted by Crippen LogP contribution is 2.24. The molecule has 0 spiro atoms. The average Bonchev–Trinajstić information content (AvgIpc) is 3.27. The van der Waals surface area contributed by atoms with Gasteiger partial charge in [0.25, 0.3) is 5.91 Å². The van der Waals surface area contributed by atoms with Crippen LogP contribution >= 0.6 is 23.2 Å². The van der Waals surface area contributed by atoms with Gasteiger partial charge in [0.05, 0.1) is 13.2 Å². The number of rotatable bonds is 5. The van der Waals surface area contributed by atoms with Gasteiger partial charge in [0.2, 0.25) is 5.91 Å². The second kappa shape index (κ2) is 9.85. The Kier molecular flexibility index (Phi) is 6.95. The molecule has 1 atom stereocenters. The van der Waals surface area contributed by atoms with Crippen molar-refractivity contribution in [3.8, 4) is 0 Å². The van der Waals surface area contributed by atoms with Crippen molar-refractivity contribution in [2.45, 2.75) is 25.4 Å². The van der Waals surface area contributed by atoms with E-state index in [-0.39, 0.29) is 11.8 Å². The Bertz CT molecular complexity index is 945. The molecule has 9 heteroatoms. The van der Waals surface area contributed by atoms with Crippen molar-refractivity contribution in [2.75, 3.05) is 37.7 Å². The summed E-state index contributed by atoms with van der Waals surface area (Å²) in [7, 11) is 0. The van der Waals surface area contributed by atoms with Gasteiger partial charge in [-0.3, -0.25) is 9.59 Å². The zero-order chi connectivity index (χ0) is 21.8. The highest BCUT2D eigenvalue weighted by atomic mass is 35.5. The molecule has 7 nitrogen and oxygen atoms in total. The molecular weight excluding hydrogens is 439 g/mol. The van der Waals surface area contributed by atoms with Crippen LogP contribution in [0.15, 0.2) is 36.5 Å². The van der Waals surface area contributed by atoms with E-state index in [0.29, 0.717) is 48.3 Å². The summed E-state index contributed by atoms with van der Waals surface area (Å²) in [4.78, 5) is 34.1. The largest absolute Gasteiger partial charge is 0.378 e. The number of hydrogen-bond acceptors (Lipinski definition) is 5. The van der Waals surface area contributed by atoms with Gasteiger partial charge in [-0.25, -0.2) is 4.98 Å². The smallest absolute Gasteiger partial charge is 0.254 e. The fourth-order valence-corrected chi connectivity index (χ4v) is 4.49. The van der Waals surface area contributed by atoms with Gasteiger partial charge in [0, 0.05) is 48.0 Å². The molecule has 2 saturated heterocycles. The predicted octanol–water partition coefficient (Wildman–Crippen LogP) is 3.15. The van der Waals surface area contributed by atoms with E-state index in [4.69, 9.17) is 27.9 Å². The van der Waals surface area contributed by atoms with Crippen LogP contribution in [0.2, 0.25) is 10.0 Å². The van der Waals surface area contributed by atoms with Crippen molar-refractivity contribution in [1.29, 1.82) is 0 Å². The number of morpholine rings is 1. The summed E-state index contributed by atoms with van der Waals surface area (Å²) in [5.41, 5.74) is 1.35. The number of benzene rings is 1. The summed E-state index contributed by atoms with van der Waals surface area (Å²) >= 11 is 12.1. The molecule has 3 heterocycles. The number of pyridine rings is 1. The zero-order valence-electron chi connectivity index (χ0n) is 17.0. The molecule has 0 radical (unpaired) electrons. The van der Waals surface area contributed by atoms with Crippen molar-refractivity contribution in [3.63, 3.8) is 0 Å². The normalized spacial score (nSPS) is 18.8. The van der Waals surface area contributed by atoms with Gasteiger partial charge in [0.1, 0.15) is 11.9 Å². The van der Waals surface area contributed by atoms with Crippen molar-refractivity contribution in [1.82, 2.24) is 15.2 Å². The van der Waals surface area contributed by atoms with Crippen molar-refractivity contribution in [3.05, 3.63) is 57.7 Å². The monoisotopic (exact) mass is 462 g/mol. The number of amides is 2. The fourth-order valence-electron chi connectivity index (χ4n) is 3.97. The van der Waals surface area contributed by atoms with Gasteiger partial charge in [-0.05, 0) is 48.7 Å². The maximum Gasteiger partial charge on any atom is 0.254 e. The number of ether oxygens (including phenoxy) is 1. The molecule has 0 bridgehead atoms. The van der Waals surface area contributed by atoms with Crippen LogP contribution in [0.3, 0.4) is 0 Å². The van der Waals surface area contributed by atoms with E-state index < -0.39 is 6.04 Å². The Morgan fingerprint density at radius 2 is 1.84 bits per heavy atom. The number of nitrogens with one attached hydrogen (secondary N) is 1. The Morgan fingerprint density at radius 1 is 1.10 bits per heavy atom. The minimum atomic E-state index is -0.509. The van der Waals surface area contributed by atoms with Gasteiger partial charge in [-0.1, -0.05) is 23.2 Å². The number of nitrogens with zero attached hydrogens (tertiary/aromatic N) is 3. The third kappa shape index (κ3) is 5.29. The molecule has 0 saturated carbocycles. The first-order chi connectivity index (χ1) is 15.0. The lowest BCUT2D eigenvalue weighted by Crippen LogP contribution is -2.45. The third-order valence-electron chi connectivity index (χ3n) is 5.54. The van der Waals surface area contributed by atoms with E-state index in [1.807, 2.05) is 12.1 Å². The summed E-state index contributed by atoms with van der Waals surface area (Å²) in [5, 5.41) is 3.76. The maximum absolute atomic E-state index is 13.0. The molecule has 2 fully saturated rings. The lowest BCUT2D eigenvalue weighted by atomic mass is 10.1. The molecule has 1 aromatic heterocycles. The standard InChI is InChI=1S/C22H24Cl2N4O3/c23-17-11-16(12-18(24)13-17)22(30)28-5-1-2-19(28)21(29)26-14-15-3-4-25-20(10-15)27-6-8-31-9-7-27/h3-4,10-13,19H,1-2,5-9,14H2,(H,26,29). The summed E-state index contributed by atoms with van der Waals surface area (Å²) < 4.78 is 5.39. The first kappa shape index (κ1) is 21.9. The topological polar surface area (TPSA) is 74.8 Å². The summed E-state index contributed by atoms with van der Waals surface area (Å²) in [6.45, 7) is 3.88. The van der Waals surface area contributed by atoms with E-state index in [1.165, 1.54) is 0 Å². The highest BCUT2D eigenvalue weighted by molar-refractivity contribution is 6.35. The van der Waals surface area contributed by atoms with Crippen LogP contribution in [0.5, 0.6) is 0 Å². The molecule has 1 N–H and O–H groups in total. The van der Waals surface area contributed by atoms with E-state index in [9.17, 15) is 9.59 Å². The maximum atomic E-state index is 13.0. The second-order valence-electron chi connectivity index (χ2n) is 7.65. The molecule has 2 aromatic rings. The van der Waals surface area contributed by atoms with Crippen molar-refractivity contribution in [2.24, 2.45) is 0 Å². The number of halogens is 2. The predicted molar refractivity (Wildman–Crippen MR) is 120 cm³/mol. The number of anilines is 1. The Hall–Kier alpha value is -2.35. The first-order valence-corrected chi connectivity index (χ1v) is 11.1. The van der Waals surface area contributed by atoms with Crippen LogP contribution in [0.4, 0.5) is 5.82 Å². The van der Waals surface area contributed by atoms with Gasteiger partial charge >= 0.3 is 0 Å². The highest BCUT2D eigenvalue weighted by Gasteiger charge is 2.34. The SMILES string of the molecule is O=C(NCc1ccnc(N2CCOCC2)c1)C1CCCN1C(=O)c1cc(Cl)cc(Cl)c1. The molecule has 1 unspecified atom stereocenters.